The first-order valence-corrected chi connectivity index (χ1v) is 11.0. The van der Waals surface area contributed by atoms with Gasteiger partial charge in [-0.15, -0.1) is 0 Å². The molecule has 1 unspecified atom stereocenters. The maximum absolute atomic E-state index is 10.6. The highest BCUT2D eigenvalue weighted by molar-refractivity contribution is 5.73. The molecule has 32 heavy (non-hydrogen) atoms. The summed E-state index contributed by atoms with van der Waals surface area (Å²) in [6.07, 6.45) is -1.09. The van der Waals surface area contributed by atoms with E-state index in [1.165, 1.54) is 37.2 Å². The van der Waals surface area contributed by atoms with Crippen molar-refractivity contribution in [1.82, 2.24) is 14.9 Å². The van der Waals surface area contributed by atoms with Gasteiger partial charge in [0.2, 0.25) is 5.95 Å². The molecule has 0 amide bonds. The molecule has 2 saturated heterocycles. The number of halogens is 3. The lowest BCUT2D eigenvalue weighted by atomic mass is 9.80. The van der Waals surface area contributed by atoms with Gasteiger partial charge in [0.25, 0.3) is 0 Å². The number of carboxylic acid groups (broad SMARTS) is 1. The van der Waals surface area contributed by atoms with E-state index in [9.17, 15) is 13.2 Å². The SMILES string of the molecule is Cc1nc(N2CCOCC2)nc2c1COCC21CCN(CC2CC2)C1.O=C(O)C(F)(F)F. The Labute approximate surface area is 184 Å². The average Bonchev–Trinajstić information content (AvgIpc) is 3.48. The van der Waals surface area contributed by atoms with Crippen molar-refractivity contribution in [3.63, 3.8) is 0 Å². The third kappa shape index (κ3) is 5.15. The Kier molecular flexibility index (Phi) is 6.60. The number of fused-ring (bicyclic) bond motifs is 2. The first kappa shape index (κ1) is 23.2. The zero-order valence-corrected chi connectivity index (χ0v) is 18.2. The van der Waals surface area contributed by atoms with Gasteiger partial charge in [0.15, 0.2) is 0 Å². The monoisotopic (exact) mass is 458 g/mol. The molecular formula is C21H29F3N4O4. The number of likely N-dealkylation sites (tertiary alicyclic amines) is 1. The summed E-state index contributed by atoms with van der Waals surface area (Å²) in [6, 6.07) is 0. The lowest BCUT2D eigenvalue weighted by Crippen LogP contribution is -2.43. The smallest absolute Gasteiger partial charge is 0.475 e. The Bertz CT molecular complexity index is 843. The van der Waals surface area contributed by atoms with Gasteiger partial charge in [0.05, 0.1) is 37.5 Å². The molecule has 1 atom stereocenters. The zero-order valence-electron chi connectivity index (χ0n) is 18.2. The topological polar surface area (TPSA) is 88.0 Å². The van der Waals surface area contributed by atoms with Gasteiger partial charge in [-0.25, -0.2) is 14.8 Å². The van der Waals surface area contributed by atoms with Gasteiger partial charge < -0.3 is 24.4 Å². The molecule has 0 bridgehead atoms. The summed E-state index contributed by atoms with van der Waals surface area (Å²) in [4.78, 5) is 23.7. The average molecular weight is 458 g/mol. The van der Waals surface area contributed by atoms with Crippen LogP contribution < -0.4 is 4.90 Å². The van der Waals surface area contributed by atoms with Crippen LogP contribution in [-0.4, -0.2) is 84.7 Å². The normalized spacial score (nSPS) is 25.9. The summed E-state index contributed by atoms with van der Waals surface area (Å²) in [5, 5.41) is 7.12. The van der Waals surface area contributed by atoms with Crippen LogP contribution in [0.4, 0.5) is 19.1 Å². The van der Waals surface area contributed by atoms with Crippen molar-refractivity contribution >= 4 is 11.9 Å². The van der Waals surface area contributed by atoms with Crippen molar-refractivity contribution in [2.24, 2.45) is 5.92 Å². The van der Waals surface area contributed by atoms with Crippen LogP contribution in [0, 0.1) is 12.8 Å². The second-order valence-electron chi connectivity index (χ2n) is 9.04. The summed E-state index contributed by atoms with van der Waals surface area (Å²) in [7, 11) is 0. The summed E-state index contributed by atoms with van der Waals surface area (Å²) in [6.45, 7) is 10.4. The third-order valence-electron chi connectivity index (χ3n) is 6.51. The lowest BCUT2D eigenvalue weighted by molar-refractivity contribution is -0.192. The molecule has 1 saturated carbocycles. The Hall–Kier alpha value is -1.98. The number of alkyl halides is 3. The van der Waals surface area contributed by atoms with Crippen LogP contribution in [-0.2, 0) is 26.3 Å². The van der Waals surface area contributed by atoms with E-state index >= 15 is 0 Å². The van der Waals surface area contributed by atoms with Crippen molar-refractivity contribution in [1.29, 1.82) is 0 Å². The van der Waals surface area contributed by atoms with Crippen LogP contribution in [0.1, 0.15) is 36.2 Å². The molecule has 0 radical (unpaired) electrons. The fraction of sp³-hybridized carbons (Fsp3) is 0.762. The van der Waals surface area contributed by atoms with Gasteiger partial charge in [0.1, 0.15) is 0 Å². The molecule has 11 heteroatoms. The molecule has 1 aliphatic carbocycles. The second kappa shape index (κ2) is 9.11. The molecule has 1 N–H and O–H groups in total. The minimum Gasteiger partial charge on any atom is -0.475 e. The fourth-order valence-corrected chi connectivity index (χ4v) is 4.61. The van der Waals surface area contributed by atoms with Crippen molar-refractivity contribution in [3.05, 3.63) is 17.0 Å². The number of nitrogens with zero attached hydrogens (tertiary/aromatic N) is 4. The number of hydrogen-bond donors (Lipinski definition) is 1. The Morgan fingerprint density at radius 2 is 1.88 bits per heavy atom. The van der Waals surface area contributed by atoms with E-state index in [0.717, 1.165) is 63.4 Å². The molecule has 1 spiro atoms. The Balaban J connectivity index is 0.000000307. The summed E-state index contributed by atoms with van der Waals surface area (Å²) < 4.78 is 43.3. The van der Waals surface area contributed by atoms with E-state index < -0.39 is 12.1 Å². The van der Waals surface area contributed by atoms with Crippen LogP contribution >= 0.6 is 0 Å². The van der Waals surface area contributed by atoms with Crippen molar-refractivity contribution in [2.45, 2.75) is 44.4 Å². The van der Waals surface area contributed by atoms with E-state index in [1.807, 2.05) is 0 Å². The minimum absolute atomic E-state index is 0.0667. The van der Waals surface area contributed by atoms with E-state index in [-0.39, 0.29) is 5.41 Å². The number of carboxylic acids is 1. The van der Waals surface area contributed by atoms with Crippen LogP contribution in [0.3, 0.4) is 0 Å². The van der Waals surface area contributed by atoms with Crippen LogP contribution in [0.5, 0.6) is 0 Å². The molecule has 4 heterocycles. The predicted octanol–water partition coefficient (Wildman–Crippen LogP) is 2.14. The number of aryl methyl sites for hydroxylation is 1. The number of ether oxygens (including phenoxy) is 2. The van der Waals surface area contributed by atoms with Crippen molar-refractivity contribution < 1.29 is 32.5 Å². The van der Waals surface area contributed by atoms with Crippen molar-refractivity contribution in [3.8, 4) is 0 Å². The molecule has 3 fully saturated rings. The minimum atomic E-state index is -5.08. The number of morpholine rings is 1. The lowest BCUT2D eigenvalue weighted by Gasteiger charge is -2.36. The first-order valence-electron chi connectivity index (χ1n) is 11.0. The van der Waals surface area contributed by atoms with E-state index in [2.05, 4.69) is 16.7 Å². The quantitative estimate of drug-likeness (QED) is 0.737. The molecule has 4 aliphatic rings. The van der Waals surface area contributed by atoms with Gasteiger partial charge in [-0.2, -0.15) is 13.2 Å². The summed E-state index contributed by atoms with van der Waals surface area (Å²) in [5.74, 6) is -0.927. The van der Waals surface area contributed by atoms with E-state index in [4.69, 9.17) is 29.3 Å². The summed E-state index contributed by atoms with van der Waals surface area (Å²) >= 11 is 0. The molecule has 0 aromatic carbocycles. The molecule has 178 valence electrons. The predicted molar refractivity (Wildman–Crippen MR) is 109 cm³/mol. The van der Waals surface area contributed by atoms with E-state index in [1.54, 1.807) is 0 Å². The highest BCUT2D eigenvalue weighted by Crippen LogP contribution is 2.42. The summed E-state index contributed by atoms with van der Waals surface area (Å²) in [5.41, 5.74) is 3.66. The van der Waals surface area contributed by atoms with Crippen molar-refractivity contribution in [2.75, 3.05) is 57.4 Å². The largest absolute Gasteiger partial charge is 0.490 e. The van der Waals surface area contributed by atoms with Crippen LogP contribution in [0.25, 0.3) is 0 Å². The van der Waals surface area contributed by atoms with Gasteiger partial charge in [-0.1, -0.05) is 0 Å². The maximum Gasteiger partial charge on any atom is 0.490 e. The van der Waals surface area contributed by atoms with Gasteiger partial charge in [0, 0.05) is 37.4 Å². The Morgan fingerprint density at radius 1 is 1.19 bits per heavy atom. The first-order chi connectivity index (χ1) is 15.2. The molecule has 8 nitrogen and oxygen atoms in total. The van der Waals surface area contributed by atoms with Gasteiger partial charge in [-0.3, -0.25) is 0 Å². The highest BCUT2D eigenvalue weighted by Gasteiger charge is 2.46. The van der Waals surface area contributed by atoms with Gasteiger partial charge >= 0.3 is 12.1 Å². The van der Waals surface area contributed by atoms with Gasteiger partial charge in [-0.05, 0) is 38.6 Å². The second-order valence-corrected chi connectivity index (χ2v) is 9.04. The highest BCUT2D eigenvalue weighted by atomic mass is 19.4. The third-order valence-corrected chi connectivity index (χ3v) is 6.51. The maximum atomic E-state index is 10.6. The zero-order chi connectivity index (χ0) is 22.9. The number of aliphatic carboxylic acids is 1. The van der Waals surface area contributed by atoms with Crippen LogP contribution in [0.2, 0.25) is 0 Å². The standard InChI is InChI=1S/C19H28N4O2.C2HF3O2/c1-14-16-11-25-13-19(4-5-22(12-19)10-15-2-3-15)17(16)21-18(20-14)23-6-8-24-9-7-23;3-2(4,5)1(6)7/h15H,2-13H2,1H3;(H,6,7). The van der Waals surface area contributed by atoms with Crippen LogP contribution in [0.15, 0.2) is 0 Å². The molecule has 5 rings (SSSR count). The number of aromatic nitrogens is 2. The number of hydrogen-bond acceptors (Lipinski definition) is 7. The molecule has 1 aromatic heterocycles. The number of carbonyl (C=O) groups is 1. The molecule has 1 aromatic rings. The Morgan fingerprint density at radius 3 is 2.50 bits per heavy atom. The number of anilines is 1. The fourth-order valence-electron chi connectivity index (χ4n) is 4.61. The number of rotatable bonds is 3. The molecule has 3 aliphatic heterocycles. The molecular weight excluding hydrogens is 429 g/mol. The van der Waals surface area contributed by atoms with E-state index in [0.29, 0.717) is 6.61 Å².